The third-order valence-electron chi connectivity index (χ3n) is 6.52. The van der Waals surface area contributed by atoms with Crippen molar-refractivity contribution in [3.05, 3.63) is 89.5 Å². The fourth-order valence-electron chi connectivity index (χ4n) is 4.53. The first-order valence-corrected chi connectivity index (χ1v) is 13.3. The SMILES string of the molecule is CCCCNc1ccc(C(=O)OCCOCCCNC(=O)OCC2c3ccccc3-c3ccccc32)cc1. The molecule has 3 aromatic carbocycles. The van der Waals surface area contributed by atoms with Crippen molar-refractivity contribution in [1.82, 2.24) is 5.32 Å². The van der Waals surface area contributed by atoms with Crippen molar-refractivity contribution in [3.63, 3.8) is 0 Å². The number of benzene rings is 3. The zero-order valence-electron chi connectivity index (χ0n) is 21.9. The lowest BCUT2D eigenvalue weighted by Gasteiger charge is -2.14. The highest BCUT2D eigenvalue weighted by Gasteiger charge is 2.28. The summed E-state index contributed by atoms with van der Waals surface area (Å²) in [6.45, 7) is 4.71. The number of ether oxygens (including phenoxy) is 3. The minimum atomic E-state index is -0.438. The van der Waals surface area contributed by atoms with E-state index in [1.165, 1.54) is 22.3 Å². The first kappa shape index (κ1) is 27.2. The van der Waals surface area contributed by atoms with Gasteiger partial charge >= 0.3 is 12.1 Å². The molecule has 2 N–H and O–H groups in total. The maximum atomic E-state index is 12.2. The van der Waals surface area contributed by atoms with E-state index in [-0.39, 0.29) is 18.5 Å². The molecule has 3 aromatic rings. The summed E-state index contributed by atoms with van der Waals surface area (Å²) in [6, 6.07) is 23.8. The third kappa shape index (κ3) is 7.35. The fraction of sp³-hybridized carbons (Fsp3) is 0.355. The summed E-state index contributed by atoms with van der Waals surface area (Å²) < 4.78 is 16.3. The third-order valence-corrected chi connectivity index (χ3v) is 6.52. The Hall–Kier alpha value is -3.84. The molecule has 0 radical (unpaired) electrons. The van der Waals surface area contributed by atoms with Gasteiger partial charge in [-0.25, -0.2) is 9.59 Å². The number of carbonyl (C=O) groups is 2. The Morgan fingerprint density at radius 2 is 1.45 bits per heavy atom. The van der Waals surface area contributed by atoms with Crippen LogP contribution in [0.1, 0.15) is 53.6 Å². The van der Waals surface area contributed by atoms with Crippen molar-refractivity contribution in [2.24, 2.45) is 0 Å². The van der Waals surface area contributed by atoms with Crippen LogP contribution in [0.25, 0.3) is 11.1 Å². The second kappa shape index (κ2) is 14.2. The van der Waals surface area contributed by atoms with E-state index < -0.39 is 6.09 Å². The number of amides is 1. The Morgan fingerprint density at radius 1 is 0.763 bits per heavy atom. The van der Waals surface area contributed by atoms with E-state index in [4.69, 9.17) is 14.2 Å². The van der Waals surface area contributed by atoms with Crippen LogP contribution >= 0.6 is 0 Å². The Kier molecular flexibility index (Phi) is 10.2. The highest BCUT2D eigenvalue weighted by atomic mass is 16.6. The molecule has 0 aliphatic heterocycles. The molecule has 38 heavy (non-hydrogen) atoms. The van der Waals surface area contributed by atoms with Crippen LogP contribution < -0.4 is 10.6 Å². The minimum Gasteiger partial charge on any atom is -0.460 e. The largest absolute Gasteiger partial charge is 0.460 e. The molecule has 0 atom stereocenters. The number of unbranched alkanes of at least 4 members (excludes halogenated alkanes) is 1. The second-order valence-electron chi connectivity index (χ2n) is 9.21. The van der Waals surface area contributed by atoms with Crippen LogP contribution in [0.3, 0.4) is 0 Å². The quantitative estimate of drug-likeness (QED) is 0.202. The number of fused-ring (bicyclic) bond motifs is 3. The van der Waals surface area contributed by atoms with Gasteiger partial charge < -0.3 is 24.8 Å². The Labute approximate surface area is 224 Å². The zero-order chi connectivity index (χ0) is 26.6. The van der Waals surface area contributed by atoms with Gasteiger partial charge in [0.05, 0.1) is 12.2 Å². The maximum Gasteiger partial charge on any atom is 0.407 e. The van der Waals surface area contributed by atoms with Crippen LogP contribution in [0.4, 0.5) is 10.5 Å². The minimum absolute atomic E-state index is 0.0413. The summed E-state index contributed by atoms with van der Waals surface area (Å²) in [5.41, 5.74) is 6.28. The molecule has 0 spiro atoms. The van der Waals surface area contributed by atoms with Gasteiger partial charge in [-0.3, -0.25) is 0 Å². The van der Waals surface area contributed by atoms with Crippen LogP contribution in [0.15, 0.2) is 72.8 Å². The van der Waals surface area contributed by atoms with E-state index in [0.29, 0.717) is 38.3 Å². The van der Waals surface area contributed by atoms with Crippen molar-refractivity contribution in [3.8, 4) is 11.1 Å². The van der Waals surface area contributed by atoms with Crippen molar-refractivity contribution in [2.75, 3.05) is 44.8 Å². The van der Waals surface area contributed by atoms with E-state index >= 15 is 0 Å². The number of anilines is 1. The molecule has 200 valence electrons. The summed E-state index contributed by atoms with van der Waals surface area (Å²) in [6.07, 6.45) is 2.43. The highest BCUT2D eigenvalue weighted by Crippen LogP contribution is 2.44. The Bertz CT molecular complexity index is 1150. The van der Waals surface area contributed by atoms with Crippen molar-refractivity contribution < 1.29 is 23.8 Å². The number of hydrogen-bond donors (Lipinski definition) is 2. The number of carbonyl (C=O) groups excluding carboxylic acids is 2. The van der Waals surface area contributed by atoms with E-state index in [9.17, 15) is 9.59 Å². The monoisotopic (exact) mass is 516 g/mol. The molecule has 1 aliphatic rings. The normalized spacial score (nSPS) is 11.9. The lowest BCUT2D eigenvalue weighted by molar-refractivity contribution is 0.0314. The van der Waals surface area contributed by atoms with E-state index in [1.54, 1.807) is 12.1 Å². The van der Waals surface area contributed by atoms with Crippen LogP contribution in [0, 0.1) is 0 Å². The molecular weight excluding hydrogens is 480 g/mol. The average Bonchev–Trinajstić information content (AvgIpc) is 3.27. The summed E-state index contributed by atoms with van der Waals surface area (Å²) in [7, 11) is 0. The van der Waals surface area contributed by atoms with Crippen molar-refractivity contribution in [2.45, 2.75) is 32.1 Å². The molecule has 0 saturated heterocycles. The lowest BCUT2D eigenvalue weighted by Crippen LogP contribution is -2.27. The first-order valence-electron chi connectivity index (χ1n) is 13.3. The second-order valence-corrected chi connectivity index (χ2v) is 9.21. The van der Waals surface area contributed by atoms with Gasteiger partial charge in [-0.15, -0.1) is 0 Å². The van der Waals surface area contributed by atoms with Crippen LogP contribution in [0.2, 0.25) is 0 Å². The van der Waals surface area contributed by atoms with Gasteiger partial charge in [0, 0.05) is 31.3 Å². The predicted octanol–water partition coefficient (Wildman–Crippen LogP) is 6.00. The van der Waals surface area contributed by atoms with Gasteiger partial charge in [-0.1, -0.05) is 61.9 Å². The Morgan fingerprint density at radius 3 is 2.13 bits per heavy atom. The predicted molar refractivity (Wildman–Crippen MR) is 149 cm³/mol. The first-order chi connectivity index (χ1) is 18.7. The van der Waals surface area contributed by atoms with Crippen LogP contribution in [-0.2, 0) is 14.2 Å². The van der Waals surface area contributed by atoms with Gasteiger partial charge in [-0.05, 0) is 59.4 Å². The number of nitrogens with one attached hydrogen (secondary N) is 2. The summed E-state index contributed by atoms with van der Waals surface area (Å²) >= 11 is 0. The number of esters is 1. The lowest BCUT2D eigenvalue weighted by atomic mass is 9.98. The molecule has 7 heteroatoms. The number of rotatable bonds is 14. The molecule has 0 saturated carbocycles. The maximum absolute atomic E-state index is 12.2. The summed E-state index contributed by atoms with van der Waals surface area (Å²) in [4.78, 5) is 24.4. The van der Waals surface area contributed by atoms with Gasteiger partial charge in [0.15, 0.2) is 0 Å². The molecule has 4 rings (SSSR count). The van der Waals surface area contributed by atoms with Crippen molar-refractivity contribution >= 4 is 17.7 Å². The Balaban J connectivity index is 1.06. The zero-order valence-corrected chi connectivity index (χ0v) is 21.9. The number of hydrogen-bond acceptors (Lipinski definition) is 6. The molecule has 0 unspecified atom stereocenters. The molecule has 0 aromatic heterocycles. The van der Waals surface area contributed by atoms with E-state index in [1.807, 2.05) is 36.4 Å². The van der Waals surface area contributed by atoms with E-state index in [0.717, 1.165) is 25.1 Å². The molecular formula is C31H36N2O5. The summed E-state index contributed by atoms with van der Waals surface area (Å²) in [5, 5.41) is 6.09. The molecule has 0 heterocycles. The van der Waals surface area contributed by atoms with Gasteiger partial charge in [0.1, 0.15) is 13.2 Å². The van der Waals surface area contributed by atoms with Gasteiger partial charge in [0.25, 0.3) is 0 Å². The smallest absolute Gasteiger partial charge is 0.407 e. The highest BCUT2D eigenvalue weighted by molar-refractivity contribution is 5.89. The van der Waals surface area contributed by atoms with Gasteiger partial charge in [0.2, 0.25) is 0 Å². The molecule has 0 fully saturated rings. The van der Waals surface area contributed by atoms with Crippen LogP contribution in [-0.4, -0.2) is 51.6 Å². The molecule has 7 nitrogen and oxygen atoms in total. The topological polar surface area (TPSA) is 85.9 Å². The molecule has 1 aliphatic carbocycles. The van der Waals surface area contributed by atoms with Gasteiger partial charge in [-0.2, -0.15) is 0 Å². The van der Waals surface area contributed by atoms with Crippen molar-refractivity contribution in [1.29, 1.82) is 0 Å². The summed E-state index contributed by atoms with van der Waals surface area (Å²) in [5.74, 6) is -0.328. The average molecular weight is 517 g/mol. The molecule has 1 amide bonds. The fourth-order valence-corrected chi connectivity index (χ4v) is 4.53. The standard InChI is InChI=1S/C31H36N2O5/c1-2-3-17-32-24-15-13-23(14-16-24)30(34)37-21-20-36-19-8-18-33-31(35)38-22-29-27-11-6-4-9-25(27)26-10-5-7-12-28(26)29/h4-7,9-16,29,32H,2-3,8,17-22H2,1H3,(H,33,35). The molecule has 0 bridgehead atoms. The van der Waals surface area contributed by atoms with Crippen LogP contribution in [0.5, 0.6) is 0 Å². The number of alkyl carbamates (subject to hydrolysis) is 1. The van der Waals surface area contributed by atoms with E-state index in [2.05, 4.69) is 41.8 Å².